The Hall–Kier alpha value is -0.870. The van der Waals surface area contributed by atoms with Crippen LogP contribution >= 0.6 is 11.3 Å². The number of hydrogen-bond donors (Lipinski definition) is 1. The van der Waals surface area contributed by atoms with E-state index in [4.69, 9.17) is 0 Å². The fourth-order valence-corrected chi connectivity index (χ4v) is 4.39. The van der Waals surface area contributed by atoms with Gasteiger partial charge in [-0.15, -0.1) is 11.3 Å². The van der Waals surface area contributed by atoms with Crippen LogP contribution in [0.25, 0.3) is 0 Å². The Labute approximate surface area is 118 Å². The Bertz CT molecular complexity index is 474. The zero-order chi connectivity index (χ0) is 12.9. The SMILES string of the molecule is O=C1N(CC2CCCC2)C(c2cccs2)NC12CC2. The highest BCUT2D eigenvalue weighted by atomic mass is 32.1. The van der Waals surface area contributed by atoms with E-state index in [1.165, 1.54) is 30.6 Å². The summed E-state index contributed by atoms with van der Waals surface area (Å²) >= 11 is 1.76. The van der Waals surface area contributed by atoms with Gasteiger partial charge in [0.1, 0.15) is 11.7 Å². The number of nitrogens with zero attached hydrogens (tertiary/aromatic N) is 1. The molecule has 3 fully saturated rings. The summed E-state index contributed by atoms with van der Waals surface area (Å²) in [5.74, 6) is 1.08. The number of amides is 1. The van der Waals surface area contributed by atoms with Crippen LogP contribution < -0.4 is 5.32 Å². The monoisotopic (exact) mass is 276 g/mol. The van der Waals surface area contributed by atoms with Crippen molar-refractivity contribution in [2.75, 3.05) is 6.54 Å². The van der Waals surface area contributed by atoms with Crippen LogP contribution in [0.3, 0.4) is 0 Å². The lowest BCUT2D eigenvalue weighted by Crippen LogP contribution is -2.35. The largest absolute Gasteiger partial charge is 0.320 e. The second kappa shape index (κ2) is 4.32. The molecule has 1 N–H and O–H groups in total. The summed E-state index contributed by atoms with van der Waals surface area (Å²) in [5.41, 5.74) is -0.187. The first-order valence-electron chi connectivity index (χ1n) is 7.41. The van der Waals surface area contributed by atoms with Gasteiger partial charge in [-0.1, -0.05) is 18.9 Å². The van der Waals surface area contributed by atoms with Gasteiger partial charge in [-0.05, 0) is 43.0 Å². The third-order valence-corrected chi connectivity index (χ3v) is 5.81. The third-order valence-electron chi connectivity index (χ3n) is 4.89. The molecule has 0 aromatic carbocycles. The second-order valence-electron chi connectivity index (χ2n) is 6.25. The fourth-order valence-electron chi connectivity index (χ4n) is 3.61. The van der Waals surface area contributed by atoms with Crippen LogP contribution in [-0.2, 0) is 4.79 Å². The standard InChI is InChI=1S/C15H20N2OS/c18-14-15(7-8-15)16-13(12-6-3-9-19-12)17(14)10-11-4-1-2-5-11/h3,6,9,11,13,16H,1-2,4-5,7-8,10H2. The van der Waals surface area contributed by atoms with Crippen molar-refractivity contribution in [2.24, 2.45) is 5.92 Å². The molecule has 1 unspecified atom stereocenters. The molecule has 1 aromatic rings. The molecule has 1 aromatic heterocycles. The Kier molecular flexibility index (Phi) is 2.71. The van der Waals surface area contributed by atoms with Gasteiger partial charge in [-0.2, -0.15) is 0 Å². The second-order valence-corrected chi connectivity index (χ2v) is 7.23. The Morgan fingerprint density at radius 1 is 1.37 bits per heavy atom. The van der Waals surface area contributed by atoms with Gasteiger partial charge in [0.25, 0.3) is 0 Å². The maximum Gasteiger partial charge on any atom is 0.244 e. The molecule has 1 saturated heterocycles. The molecular formula is C15H20N2OS. The van der Waals surface area contributed by atoms with Crippen LogP contribution in [-0.4, -0.2) is 22.9 Å². The van der Waals surface area contributed by atoms with Gasteiger partial charge in [0.15, 0.2) is 0 Å². The molecule has 3 nitrogen and oxygen atoms in total. The number of hydrogen-bond acceptors (Lipinski definition) is 3. The lowest BCUT2D eigenvalue weighted by atomic mass is 10.1. The molecule has 1 amide bonds. The molecule has 2 aliphatic carbocycles. The van der Waals surface area contributed by atoms with E-state index < -0.39 is 0 Å². The van der Waals surface area contributed by atoms with Crippen LogP contribution in [0.5, 0.6) is 0 Å². The molecule has 2 saturated carbocycles. The summed E-state index contributed by atoms with van der Waals surface area (Å²) in [6.45, 7) is 0.955. The van der Waals surface area contributed by atoms with Crippen molar-refractivity contribution in [1.82, 2.24) is 10.2 Å². The van der Waals surface area contributed by atoms with Crippen molar-refractivity contribution >= 4 is 17.2 Å². The molecule has 3 aliphatic rings. The summed E-state index contributed by atoms with van der Waals surface area (Å²) < 4.78 is 0. The average molecular weight is 276 g/mol. The van der Waals surface area contributed by atoms with E-state index in [1.54, 1.807) is 11.3 Å². The fraction of sp³-hybridized carbons (Fsp3) is 0.667. The van der Waals surface area contributed by atoms with Gasteiger partial charge in [-0.3, -0.25) is 10.1 Å². The molecule has 1 atom stereocenters. The quantitative estimate of drug-likeness (QED) is 0.920. The van der Waals surface area contributed by atoms with E-state index in [9.17, 15) is 4.79 Å². The van der Waals surface area contributed by atoms with E-state index in [-0.39, 0.29) is 11.7 Å². The number of thiophene rings is 1. The average Bonchev–Trinajstić information content (AvgIpc) is 2.86. The highest BCUT2D eigenvalue weighted by Crippen LogP contribution is 2.47. The smallest absolute Gasteiger partial charge is 0.244 e. The van der Waals surface area contributed by atoms with Crippen molar-refractivity contribution in [3.05, 3.63) is 22.4 Å². The van der Waals surface area contributed by atoms with Crippen LogP contribution in [0, 0.1) is 5.92 Å². The van der Waals surface area contributed by atoms with E-state index in [0.29, 0.717) is 5.91 Å². The van der Waals surface area contributed by atoms with E-state index in [1.807, 2.05) is 0 Å². The van der Waals surface area contributed by atoms with Crippen LogP contribution in [0.4, 0.5) is 0 Å². The van der Waals surface area contributed by atoms with Crippen LogP contribution in [0.15, 0.2) is 17.5 Å². The summed E-state index contributed by atoms with van der Waals surface area (Å²) in [6, 6.07) is 4.23. The normalized spacial score (nSPS) is 29.6. The van der Waals surface area contributed by atoms with Gasteiger partial charge >= 0.3 is 0 Å². The number of carbonyl (C=O) groups excluding carboxylic acids is 1. The van der Waals surface area contributed by atoms with Gasteiger partial charge in [0.2, 0.25) is 5.91 Å². The Balaban J connectivity index is 1.58. The molecule has 4 heteroatoms. The minimum Gasteiger partial charge on any atom is -0.320 e. The highest BCUT2D eigenvalue weighted by Gasteiger charge is 2.59. The number of nitrogens with one attached hydrogen (secondary N) is 1. The number of carbonyl (C=O) groups is 1. The lowest BCUT2D eigenvalue weighted by molar-refractivity contribution is -0.131. The third kappa shape index (κ3) is 1.93. The van der Waals surface area contributed by atoms with Crippen molar-refractivity contribution in [1.29, 1.82) is 0 Å². The molecule has 0 bridgehead atoms. The van der Waals surface area contributed by atoms with Crippen LogP contribution in [0.2, 0.25) is 0 Å². The highest BCUT2D eigenvalue weighted by molar-refractivity contribution is 7.10. The molecule has 0 radical (unpaired) electrons. The van der Waals surface area contributed by atoms with Crippen molar-refractivity contribution in [2.45, 2.75) is 50.2 Å². The van der Waals surface area contributed by atoms with Crippen LogP contribution in [0.1, 0.15) is 49.6 Å². The zero-order valence-electron chi connectivity index (χ0n) is 11.1. The summed E-state index contributed by atoms with van der Waals surface area (Å²) in [7, 11) is 0. The maximum absolute atomic E-state index is 12.7. The summed E-state index contributed by atoms with van der Waals surface area (Å²) in [5, 5.41) is 5.71. The molecular weight excluding hydrogens is 256 g/mol. The first-order valence-corrected chi connectivity index (χ1v) is 8.29. The predicted molar refractivity (Wildman–Crippen MR) is 75.8 cm³/mol. The minimum absolute atomic E-state index is 0.135. The minimum atomic E-state index is -0.187. The van der Waals surface area contributed by atoms with Crippen molar-refractivity contribution in [3.8, 4) is 0 Å². The number of rotatable bonds is 3. The maximum atomic E-state index is 12.7. The Morgan fingerprint density at radius 3 is 2.79 bits per heavy atom. The molecule has 102 valence electrons. The molecule has 2 heterocycles. The topological polar surface area (TPSA) is 32.3 Å². The predicted octanol–water partition coefficient (Wildman–Crippen LogP) is 2.90. The van der Waals surface area contributed by atoms with E-state index in [2.05, 4.69) is 27.7 Å². The van der Waals surface area contributed by atoms with Gasteiger partial charge in [0, 0.05) is 11.4 Å². The van der Waals surface area contributed by atoms with Gasteiger partial charge in [0.05, 0.1) is 0 Å². The summed E-state index contributed by atoms with van der Waals surface area (Å²) in [4.78, 5) is 16.1. The molecule has 4 rings (SSSR count). The van der Waals surface area contributed by atoms with E-state index in [0.717, 1.165) is 25.3 Å². The van der Waals surface area contributed by atoms with Crippen molar-refractivity contribution < 1.29 is 4.79 Å². The first kappa shape index (κ1) is 11.9. The van der Waals surface area contributed by atoms with Gasteiger partial charge in [-0.25, -0.2) is 0 Å². The molecule has 1 spiro atoms. The molecule has 19 heavy (non-hydrogen) atoms. The first-order chi connectivity index (χ1) is 9.28. The zero-order valence-corrected chi connectivity index (χ0v) is 11.9. The Morgan fingerprint density at radius 2 is 2.16 bits per heavy atom. The summed E-state index contributed by atoms with van der Waals surface area (Å²) in [6.07, 6.45) is 7.46. The van der Waals surface area contributed by atoms with E-state index >= 15 is 0 Å². The molecule has 1 aliphatic heterocycles. The lowest BCUT2D eigenvalue weighted by Gasteiger charge is -2.26. The van der Waals surface area contributed by atoms with Gasteiger partial charge < -0.3 is 4.90 Å². The van der Waals surface area contributed by atoms with Crippen molar-refractivity contribution in [3.63, 3.8) is 0 Å².